The van der Waals surface area contributed by atoms with Gasteiger partial charge in [-0.1, -0.05) is 17.7 Å². The summed E-state index contributed by atoms with van der Waals surface area (Å²) in [5, 5.41) is 0.641. The molecule has 0 bridgehead atoms. The van der Waals surface area contributed by atoms with Crippen LogP contribution in [0, 0.1) is 12.8 Å². The maximum Gasteiger partial charge on any atom is 0.137 e. The van der Waals surface area contributed by atoms with Crippen molar-refractivity contribution in [3.63, 3.8) is 0 Å². The van der Waals surface area contributed by atoms with Crippen molar-refractivity contribution < 1.29 is 9.53 Å². The smallest absolute Gasteiger partial charge is 0.137 e. The van der Waals surface area contributed by atoms with Gasteiger partial charge in [-0.25, -0.2) is 0 Å². The highest BCUT2D eigenvalue weighted by molar-refractivity contribution is 6.32. The van der Waals surface area contributed by atoms with Crippen molar-refractivity contribution in [2.24, 2.45) is 5.92 Å². The van der Waals surface area contributed by atoms with Gasteiger partial charge in [0.1, 0.15) is 11.5 Å². The Bertz CT molecular complexity index is 415. The van der Waals surface area contributed by atoms with Crippen LogP contribution in [0.4, 0.5) is 0 Å². The van der Waals surface area contributed by atoms with E-state index in [0.29, 0.717) is 23.2 Å². The number of ether oxygens (including phenoxy) is 1. The highest BCUT2D eigenvalue weighted by atomic mass is 35.5. The Morgan fingerprint density at radius 1 is 1.47 bits per heavy atom. The number of Topliss-reactive ketones (excluding diaryl/α,β-unsaturated/α-hetero) is 1. The molecule has 1 aromatic rings. The van der Waals surface area contributed by atoms with Crippen molar-refractivity contribution in [2.75, 3.05) is 6.61 Å². The molecule has 1 aliphatic carbocycles. The van der Waals surface area contributed by atoms with E-state index in [9.17, 15) is 4.79 Å². The summed E-state index contributed by atoms with van der Waals surface area (Å²) in [4.78, 5) is 11.4. The van der Waals surface area contributed by atoms with Gasteiger partial charge in [-0.15, -0.1) is 0 Å². The average molecular weight is 253 g/mol. The highest BCUT2D eigenvalue weighted by Gasteiger charge is 2.23. The average Bonchev–Trinajstić information content (AvgIpc) is 2.68. The molecular formula is C14H17ClO2. The van der Waals surface area contributed by atoms with Crippen LogP contribution in [-0.2, 0) is 4.79 Å². The summed E-state index contributed by atoms with van der Waals surface area (Å²) >= 11 is 6.06. The van der Waals surface area contributed by atoms with Gasteiger partial charge < -0.3 is 4.74 Å². The van der Waals surface area contributed by atoms with Gasteiger partial charge in [-0.05, 0) is 43.9 Å². The van der Waals surface area contributed by atoms with Crippen LogP contribution in [-0.4, -0.2) is 12.4 Å². The van der Waals surface area contributed by atoms with Crippen LogP contribution in [0.3, 0.4) is 0 Å². The van der Waals surface area contributed by atoms with Crippen molar-refractivity contribution in [1.82, 2.24) is 0 Å². The van der Waals surface area contributed by atoms with Gasteiger partial charge in [0, 0.05) is 12.3 Å². The highest BCUT2D eigenvalue weighted by Crippen LogP contribution is 2.27. The Morgan fingerprint density at radius 3 is 2.94 bits per heavy atom. The maximum atomic E-state index is 11.4. The van der Waals surface area contributed by atoms with Crippen molar-refractivity contribution in [3.05, 3.63) is 28.8 Å². The summed E-state index contributed by atoms with van der Waals surface area (Å²) in [6.07, 6.45) is 3.61. The van der Waals surface area contributed by atoms with Gasteiger partial charge >= 0.3 is 0 Å². The molecule has 92 valence electrons. The monoisotopic (exact) mass is 252 g/mol. The molecule has 3 heteroatoms. The van der Waals surface area contributed by atoms with E-state index in [2.05, 4.69) is 0 Å². The van der Waals surface area contributed by atoms with Crippen LogP contribution >= 0.6 is 11.6 Å². The third kappa shape index (κ3) is 3.22. The summed E-state index contributed by atoms with van der Waals surface area (Å²) in [7, 11) is 0. The molecule has 0 amide bonds. The van der Waals surface area contributed by atoms with E-state index in [1.54, 1.807) is 0 Å². The first-order valence-corrected chi connectivity index (χ1v) is 6.46. The number of carbonyl (C=O) groups is 1. The Labute approximate surface area is 107 Å². The molecule has 1 atom stereocenters. The lowest BCUT2D eigenvalue weighted by atomic mass is 10.0. The first kappa shape index (κ1) is 12.4. The summed E-state index contributed by atoms with van der Waals surface area (Å²) in [5.41, 5.74) is 1.12. The number of hydrogen-bond donors (Lipinski definition) is 0. The summed E-state index contributed by atoms with van der Waals surface area (Å²) in [6.45, 7) is 2.56. The number of carbonyl (C=O) groups excluding carboxylic acids is 1. The van der Waals surface area contributed by atoms with E-state index >= 15 is 0 Å². The lowest BCUT2D eigenvalue weighted by molar-refractivity contribution is -0.121. The second-order valence-electron chi connectivity index (χ2n) is 4.63. The predicted octanol–water partition coefficient (Wildman–Crippen LogP) is 3.79. The summed E-state index contributed by atoms with van der Waals surface area (Å²) in [5.74, 6) is 1.31. The second-order valence-corrected chi connectivity index (χ2v) is 5.03. The van der Waals surface area contributed by atoms with Gasteiger partial charge in [-0.2, -0.15) is 0 Å². The normalized spacial score (nSPS) is 19.6. The SMILES string of the molecule is Cc1ccc(OCCC2CCCC2=O)c(Cl)c1. The Kier molecular flexibility index (Phi) is 4.06. The maximum absolute atomic E-state index is 11.4. The van der Waals surface area contributed by atoms with Gasteiger partial charge in [0.15, 0.2) is 0 Å². The van der Waals surface area contributed by atoms with E-state index in [-0.39, 0.29) is 5.92 Å². The van der Waals surface area contributed by atoms with E-state index in [1.165, 1.54) is 0 Å². The number of benzene rings is 1. The van der Waals surface area contributed by atoms with Crippen LogP contribution in [0.5, 0.6) is 5.75 Å². The molecule has 1 aromatic carbocycles. The number of halogens is 1. The second kappa shape index (κ2) is 5.54. The zero-order chi connectivity index (χ0) is 12.3. The van der Waals surface area contributed by atoms with Gasteiger partial charge in [0.25, 0.3) is 0 Å². The minimum atomic E-state index is 0.208. The fourth-order valence-corrected chi connectivity index (χ4v) is 2.52. The molecule has 0 spiro atoms. The van der Waals surface area contributed by atoms with Gasteiger partial charge in [0.2, 0.25) is 0 Å². The molecule has 0 aromatic heterocycles. The molecule has 1 aliphatic rings. The van der Waals surface area contributed by atoms with Crippen molar-refractivity contribution >= 4 is 17.4 Å². The lowest BCUT2D eigenvalue weighted by Gasteiger charge is -2.11. The Hall–Kier alpha value is -1.02. The number of aryl methyl sites for hydroxylation is 1. The van der Waals surface area contributed by atoms with E-state index in [4.69, 9.17) is 16.3 Å². The minimum Gasteiger partial charge on any atom is -0.492 e. The van der Waals surface area contributed by atoms with Crippen molar-refractivity contribution in [1.29, 1.82) is 0 Å². The molecular weight excluding hydrogens is 236 g/mol. The largest absolute Gasteiger partial charge is 0.492 e. The van der Waals surface area contributed by atoms with Crippen molar-refractivity contribution in [2.45, 2.75) is 32.6 Å². The molecule has 17 heavy (non-hydrogen) atoms. The fraction of sp³-hybridized carbons (Fsp3) is 0.500. The Morgan fingerprint density at radius 2 is 2.29 bits per heavy atom. The quantitative estimate of drug-likeness (QED) is 0.815. The fourth-order valence-electron chi connectivity index (χ4n) is 2.23. The molecule has 1 unspecified atom stereocenters. The van der Waals surface area contributed by atoms with Crippen LogP contribution in [0.2, 0.25) is 5.02 Å². The lowest BCUT2D eigenvalue weighted by Crippen LogP contribution is -2.11. The Balaban J connectivity index is 1.83. The third-order valence-corrected chi connectivity index (χ3v) is 3.54. The van der Waals surface area contributed by atoms with E-state index < -0.39 is 0 Å². The van der Waals surface area contributed by atoms with Crippen LogP contribution < -0.4 is 4.74 Å². The van der Waals surface area contributed by atoms with Crippen LogP contribution in [0.25, 0.3) is 0 Å². The van der Waals surface area contributed by atoms with Crippen LogP contribution in [0.1, 0.15) is 31.2 Å². The molecule has 0 heterocycles. The summed E-state index contributed by atoms with van der Waals surface area (Å²) < 4.78 is 5.62. The first-order chi connectivity index (χ1) is 8.16. The van der Waals surface area contributed by atoms with Gasteiger partial charge in [0.05, 0.1) is 11.6 Å². The minimum absolute atomic E-state index is 0.208. The summed E-state index contributed by atoms with van der Waals surface area (Å²) in [6, 6.07) is 5.74. The van der Waals surface area contributed by atoms with Gasteiger partial charge in [-0.3, -0.25) is 4.79 Å². The third-order valence-electron chi connectivity index (χ3n) is 3.24. The standard InChI is InChI=1S/C14H17ClO2/c1-10-5-6-14(12(15)9-10)17-8-7-11-3-2-4-13(11)16/h5-6,9,11H,2-4,7-8H2,1H3. The molecule has 1 fully saturated rings. The molecule has 2 nitrogen and oxygen atoms in total. The van der Waals surface area contributed by atoms with E-state index in [1.807, 2.05) is 25.1 Å². The number of hydrogen-bond acceptors (Lipinski definition) is 2. The molecule has 2 rings (SSSR count). The van der Waals surface area contributed by atoms with Crippen molar-refractivity contribution in [3.8, 4) is 5.75 Å². The van der Waals surface area contributed by atoms with Crippen LogP contribution in [0.15, 0.2) is 18.2 Å². The van der Waals surface area contributed by atoms with E-state index in [0.717, 1.165) is 31.2 Å². The molecule has 1 saturated carbocycles. The zero-order valence-corrected chi connectivity index (χ0v) is 10.8. The molecule has 0 saturated heterocycles. The number of rotatable bonds is 4. The topological polar surface area (TPSA) is 26.3 Å². The first-order valence-electron chi connectivity index (χ1n) is 6.08. The number of ketones is 1. The molecule has 0 N–H and O–H groups in total. The zero-order valence-electron chi connectivity index (χ0n) is 10.0. The predicted molar refractivity (Wildman–Crippen MR) is 68.6 cm³/mol. The molecule has 0 radical (unpaired) electrons. The molecule has 0 aliphatic heterocycles.